The predicted molar refractivity (Wildman–Crippen MR) is 60.4 cm³/mol. The van der Waals surface area contributed by atoms with Crippen LogP contribution in [0.25, 0.3) is 0 Å². The second-order valence-corrected chi connectivity index (χ2v) is 4.90. The Morgan fingerprint density at radius 1 is 1.13 bits per heavy atom. The molecular formula is C12H22N2O. The first-order valence-electron chi connectivity index (χ1n) is 6.33. The van der Waals surface area contributed by atoms with Gasteiger partial charge in [-0.1, -0.05) is 19.3 Å². The summed E-state index contributed by atoms with van der Waals surface area (Å²) < 4.78 is 0. The van der Waals surface area contributed by atoms with E-state index in [0.29, 0.717) is 24.4 Å². The van der Waals surface area contributed by atoms with E-state index in [0.717, 1.165) is 32.2 Å². The normalized spacial score (nSPS) is 28.3. The van der Waals surface area contributed by atoms with E-state index in [1.165, 1.54) is 19.3 Å². The zero-order valence-electron chi connectivity index (χ0n) is 9.45. The highest BCUT2D eigenvalue weighted by atomic mass is 16.2. The molecule has 15 heavy (non-hydrogen) atoms. The second-order valence-electron chi connectivity index (χ2n) is 4.90. The highest BCUT2D eigenvalue weighted by Gasteiger charge is 2.32. The fraction of sp³-hybridized carbons (Fsp3) is 0.917. The minimum absolute atomic E-state index is 0.311. The van der Waals surface area contributed by atoms with E-state index in [4.69, 9.17) is 5.73 Å². The monoisotopic (exact) mass is 210 g/mol. The summed E-state index contributed by atoms with van der Waals surface area (Å²) in [5, 5.41) is 0. The van der Waals surface area contributed by atoms with Crippen LogP contribution >= 0.6 is 0 Å². The largest absolute Gasteiger partial charge is 0.338 e. The van der Waals surface area contributed by atoms with Gasteiger partial charge in [-0.3, -0.25) is 4.79 Å². The van der Waals surface area contributed by atoms with Crippen LogP contribution in [-0.2, 0) is 4.79 Å². The number of amides is 1. The molecule has 0 bridgehead atoms. The molecule has 2 aliphatic rings. The van der Waals surface area contributed by atoms with Gasteiger partial charge in [0.15, 0.2) is 0 Å². The number of carbonyl (C=O) groups excluding carboxylic acids is 1. The molecular weight excluding hydrogens is 188 g/mol. The van der Waals surface area contributed by atoms with Crippen molar-refractivity contribution >= 4 is 5.91 Å². The third kappa shape index (κ3) is 2.33. The van der Waals surface area contributed by atoms with Crippen LogP contribution in [0.3, 0.4) is 0 Å². The van der Waals surface area contributed by atoms with E-state index in [2.05, 4.69) is 4.90 Å². The standard InChI is InChI=1S/C12H22N2O/c13-9-11-7-4-8-14(11)12(15)10-5-2-1-3-6-10/h10-11H,1-9,13H2. The SMILES string of the molecule is NCC1CCCN1C(=O)C1CCCCC1. The number of carbonyl (C=O) groups is 1. The number of nitrogens with two attached hydrogens (primary N) is 1. The molecule has 1 atom stereocenters. The number of hydrogen-bond donors (Lipinski definition) is 1. The highest BCUT2D eigenvalue weighted by Crippen LogP contribution is 2.28. The Morgan fingerprint density at radius 3 is 2.53 bits per heavy atom. The number of nitrogens with zero attached hydrogens (tertiary/aromatic N) is 1. The van der Waals surface area contributed by atoms with Gasteiger partial charge in [0.2, 0.25) is 5.91 Å². The van der Waals surface area contributed by atoms with Crippen molar-refractivity contribution in [1.82, 2.24) is 4.90 Å². The lowest BCUT2D eigenvalue weighted by Gasteiger charge is -2.30. The Balaban J connectivity index is 1.93. The van der Waals surface area contributed by atoms with Gasteiger partial charge in [0.05, 0.1) is 0 Å². The maximum atomic E-state index is 12.2. The Morgan fingerprint density at radius 2 is 1.87 bits per heavy atom. The van der Waals surface area contributed by atoms with Crippen LogP contribution in [-0.4, -0.2) is 29.9 Å². The van der Waals surface area contributed by atoms with Gasteiger partial charge in [0.1, 0.15) is 0 Å². The van der Waals surface area contributed by atoms with Gasteiger partial charge in [-0.05, 0) is 25.7 Å². The molecule has 0 aromatic carbocycles. The van der Waals surface area contributed by atoms with Gasteiger partial charge in [-0.25, -0.2) is 0 Å². The van der Waals surface area contributed by atoms with Gasteiger partial charge >= 0.3 is 0 Å². The zero-order valence-corrected chi connectivity index (χ0v) is 9.45. The minimum atomic E-state index is 0.311. The van der Waals surface area contributed by atoms with E-state index < -0.39 is 0 Å². The average Bonchev–Trinajstić information content (AvgIpc) is 2.77. The molecule has 0 spiro atoms. The fourth-order valence-electron chi connectivity index (χ4n) is 2.95. The van der Waals surface area contributed by atoms with Gasteiger partial charge in [0, 0.05) is 25.0 Å². The van der Waals surface area contributed by atoms with Crippen molar-refractivity contribution in [3.05, 3.63) is 0 Å². The first kappa shape index (κ1) is 10.9. The molecule has 2 fully saturated rings. The van der Waals surface area contributed by atoms with E-state index >= 15 is 0 Å². The summed E-state index contributed by atoms with van der Waals surface area (Å²) in [6.45, 7) is 1.58. The molecule has 0 aromatic rings. The van der Waals surface area contributed by atoms with Crippen LogP contribution in [0.2, 0.25) is 0 Å². The molecule has 2 N–H and O–H groups in total. The molecule has 1 aliphatic carbocycles. The zero-order chi connectivity index (χ0) is 10.7. The summed E-state index contributed by atoms with van der Waals surface area (Å²) in [6.07, 6.45) is 8.23. The number of likely N-dealkylation sites (tertiary alicyclic amines) is 1. The van der Waals surface area contributed by atoms with Crippen LogP contribution in [0.15, 0.2) is 0 Å². The molecule has 1 amide bonds. The summed E-state index contributed by atoms with van der Waals surface area (Å²) in [6, 6.07) is 0.333. The van der Waals surface area contributed by atoms with Crippen LogP contribution in [0, 0.1) is 5.92 Å². The van der Waals surface area contributed by atoms with Crippen LogP contribution in [0.5, 0.6) is 0 Å². The Bertz CT molecular complexity index is 224. The molecule has 86 valence electrons. The lowest BCUT2D eigenvalue weighted by Crippen LogP contribution is -2.43. The van der Waals surface area contributed by atoms with Crippen molar-refractivity contribution in [2.75, 3.05) is 13.1 Å². The van der Waals surface area contributed by atoms with E-state index in [1.807, 2.05) is 0 Å². The third-order valence-electron chi connectivity index (χ3n) is 3.89. The van der Waals surface area contributed by atoms with Gasteiger partial charge in [-0.2, -0.15) is 0 Å². The molecule has 1 saturated heterocycles. The molecule has 1 unspecified atom stereocenters. The van der Waals surface area contributed by atoms with Crippen molar-refractivity contribution in [2.24, 2.45) is 11.7 Å². The summed E-state index contributed by atoms with van der Waals surface area (Å²) in [5.41, 5.74) is 5.70. The molecule has 3 heteroatoms. The minimum Gasteiger partial charge on any atom is -0.338 e. The van der Waals surface area contributed by atoms with Crippen molar-refractivity contribution in [3.63, 3.8) is 0 Å². The van der Waals surface area contributed by atoms with Gasteiger partial charge < -0.3 is 10.6 Å². The first-order valence-corrected chi connectivity index (χ1v) is 6.33. The molecule has 3 nitrogen and oxygen atoms in total. The van der Waals surface area contributed by atoms with Crippen molar-refractivity contribution in [3.8, 4) is 0 Å². The average molecular weight is 210 g/mol. The van der Waals surface area contributed by atoms with Gasteiger partial charge in [-0.15, -0.1) is 0 Å². The number of hydrogen-bond acceptors (Lipinski definition) is 2. The van der Waals surface area contributed by atoms with Crippen LogP contribution in [0.4, 0.5) is 0 Å². The van der Waals surface area contributed by atoms with E-state index in [-0.39, 0.29) is 0 Å². The van der Waals surface area contributed by atoms with Crippen LogP contribution in [0.1, 0.15) is 44.9 Å². The molecule has 1 heterocycles. The summed E-state index contributed by atoms with van der Waals surface area (Å²) in [5.74, 6) is 0.702. The Hall–Kier alpha value is -0.570. The summed E-state index contributed by atoms with van der Waals surface area (Å²) in [4.78, 5) is 14.3. The maximum absolute atomic E-state index is 12.2. The molecule has 1 saturated carbocycles. The quantitative estimate of drug-likeness (QED) is 0.751. The maximum Gasteiger partial charge on any atom is 0.225 e. The summed E-state index contributed by atoms with van der Waals surface area (Å²) in [7, 11) is 0. The van der Waals surface area contributed by atoms with Crippen LogP contribution < -0.4 is 5.73 Å². The van der Waals surface area contributed by atoms with Gasteiger partial charge in [0.25, 0.3) is 0 Å². The lowest BCUT2D eigenvalue weighted by molar-refractivity contribution is -0.137. The Kier molecular flexibility index (Phi) is 3.62. The lowest BCUT2D eigenvalue weighted by atomic mass is 9.88. The molecule has 1 aliphatic heterocycles. The smallest absolute Gasteiger partial charge is 0.225 e. The van der Waals surface area contributed by atoms with Crippen molar-refractivity contribution < 1.29 is 4.79 Å². The molecule has 0 radical (unpaired) electrons. The third-order valence-corrected chi connectivity index (χ3v) is 3.89. The second kappa shape index (κ2) is 4.97. The topological polar surface area (TPSA) is 46.3 Å². The van der Waals surface area contributed by atoms with Crippen molar-refractivity contribution in [2.45, 2.75) is 51.0 Å². The summed E-state index contributed by atoms with van der Waals surface area (Å²) >= 11 is 0. The molecule has 0 aromatic heterocycles. The fourth-order valence-corrected chi connectivity index (χ4v) is 2.95. The first-order chi connectivity index (χ1) is 7.33. The predicted octanol–water partition coefficient (Wildman–Crippen LogP) is 1.52. The van der Waals surface area contributed by atoms with E-state index in [9.17, 15) is 4.79 Å². The van der Waals surface area contributed by atoms with E-state index in [1.54, 1.807) is 0 Å². The number of rotatable bonds is 2. The molecule has 2 rings (SSSR count). The highest BCUT2D eigenvalue weighted by molar-refractivity contribution is 5.79. The Labute approximate surface area is 92.0 Å². The van der Waals surface area contributed by atoms with Crippen molar-refractivity contribution in [1.29, 1.82) is 0 Å².